The van der Waals surface area contributed by atoms with Crippen LogP contribution in [0.2, 0.25) is 0 Å². The Hall–Kier alpha value is -1.89. The molecule has 17 heavy (non-hydrogen) atoms. The van der Waals surface area contributed by atoms with E-state index in [-0.39, 0.29) is 24.0 Å². The highest BCUT2D eigenvalue weighted by atomic mass is 16.3. The highest BCUT2D eigenvalue weighted by Crippen LogP contribution is 2.33. The smallest absolute Gasteiger partial charge is 0.293 e. The number of rotatable bonds is 5. The summed E-state index contributed by atoms with van der Waals surface area (Å²) in [5.74, 6) is -0.712. The van der Waals surface area contributed by atoms with E-state index in [1.807, 2.05) is 0 Å². The molecule has 1 fully saturated rings. The predicted octanol–water partition coefficient (Wildman–Crippen LogP) is -1.16. The van der Waals surface area contributed by atoms with Crippen molar-refractivity contribution in [2.24, 2.45) is 5.73 Å². The molecule has 0 aromatic carbocycles. The number of hydrogen-bond acceptors (Lipinski definition) is 5. The van der Waals surface area contributed by atoms with Crippen molar-refractivity contribution in [3.05, 3.63) is 22.7 Å². The van der Waals surface area contributed by atoms with Gasteiger partial charge in [0, 0.05) is 18.4 Å². The number of primary amides is 1. The van der Waals surface area contributed by atoms with Crippen LogP contribution in [-0.2, 0) is 4.79 Å². The summed E-state index contributed by atoms with van der Waals surface area (Å²) >= 11 is 0. The third kappa shape index (κ3) is 2.62. The maximum absolute atomic E-state index is 11.9. The van der Waals surface area contributed by atoms with E-state index in [4.69, 9.17) is 5.73 Å². The second kappa shape index (κ2) is 4.54. The van der Waals surface area contributed by atoms with Gasteiger partial charge in [-0.3, -0.25) is 9.59 Å². The molecular formula is C10H14N4O3. The Labute approximate surface area is 97.3 Å². The van der Waals surface area contributed by atoms with Gasteiger partial charge in [-0.05, 0) is 12.8 Å². The number of aliphatic hydroxyl groups is 1. The number of aromatic nitrogens is 2. The standard InChI is InChI=1S/C10H14N4O3/c11-8(16)7(15)5-13-9-10(17)14(4-3-12-9)6-1-2-6/h3-4,6-7,15H,1-2,5H2,(H2,11,16)(H,12,13). The van der Waals surface area contributed by atoms with Crippen molar-refractivity contribution in [2.45, 2.75) is 25.0 Å². The van der Waals surface area contributed by atoms with Crippen LogP contribution in [0.4, 0.5) is 5.82 Å². The first kappa shape index (κ1) is 11.6. The fraction of sp³-hybridized carbons (Fsp3) is 0.500. The third-order valence-electron chi connectivity index (χ3n) is 2.60. The average molecular weight is 238 g/mol. The van der Waals surface area contributed by atoms with Crippen LogP contribution in [0.1, 0.15) is 18.9 Å². The second-order valence-corrected chi connectivity index (χ2v) is 4.02. The molecule has 0 spiro atoms. The van der Waals surface area contributed by atoms with Crippen LogP contribution >= 0.6 is 0 Å². The minimum absolute atomic E-state index is 0.119. The number of carbonyl (C=O) groups excluding carboxylic acids is 1. The molecule has 7 heteroatoms. The van der Waals surface area contributed by atoms with E-state index < -0.39 is 12.0 Å². The van der Waals surface area contributed by atoms with Gasteiger partial charge in [-0.2, -0.15) is 0 Å². The second-order valence-electron chi connectivity index (χ2n) is 4.02. The zero-order chi connectivity index (χ0) is 12.4. The summed E-state index contributed by atoms with van der Waals surface area (Å²) in [4.78, 5) is 26.4. The number of nitrogens with zero attached hydrogens (tertiary/aromatic N) is 2. The van der Waals surface area contributed by atoms with Gasteiger partial charge in [0.25, 0.3) is 5.56 Å². The van der Waals surface area contributed by atoms with Crippen LogP contribution in [0.5, 0.6) is 0 Å². The van der Waals surface area contributed by atoms with Crippen molar-refractivity contribution in [1.29, 1.82) is 0 Å². The molecule has 1 amide bonds. The van der Waals surface area contributed by atoms with Crippen LogP contribution < -0.4 is 16.6 Å². The van der Waals surface area contributed by atoms with Gasteiger partial charge >= 0.3 is 0 Å². The highest BCUT2D eigenvalue weighted by molar-refractivity contribution is 5.79. The van der Waals surface area contributed by atoms with Gasteiger partial charge in [-0.25, -0.2) is 4.98 Å². The molecule has 0 radical (unpaired) electrons. The molecule has 1 aromatic heterocycles. The Morgan fingerprint density at radius 2 is 2.41 bits per heavy atom. The fourth-order valence-electron chi connectivity index (χ4n) is 1.48. The molecule has 7 nitrogen and oxygen atoms in total. The lowest BCUT2D eigenvalue weighted by molar-refractivity contribution is -0.125. The number of anilines is 1. The molecular weight excluding hydrogens is 224 g/mol. The van der Waals surface area contributed by atoms with Crippen molar-refractivity contribution in [3.63, 3.8) is 0 Å². The molecule has 0 saturated heterocycles. The van der Waals surface area contributed by atoms with Gasteiger partial charge < -0.3 is 20.7 Å². The van der Waals surface area contributed by atoms with Crippen molar-refractivity contribution < 1.29 is 9.90 Å². The normalized spacial score (nSPS) is 16.5. The molecule has 1 aliphatic rings. The van der Waals surface area contributed by atoms with Crippen molar-refractivity contribution in [3.8, 4) is 0 Å². The SMILES string of the molecule is NC(=O)C(O)CNc1nccn(C2CC2)c1=O. The molecule has 92 valence electrons. The molecule has 1 aromatic rings. The Morgan fingerprint density at radius 3 is 3.00 bits per heavy atom. The molecule has 1 atom stereocenters. The topological polar surface area (TPSA) is 110 Å². The van der Waals surface area contributed by atoms with Crippen LogP contribution in [0.3, 0.4) is 0 Å². The summed E-state index contributed by atoms with van der Waals surface area (Å²) in [7, 11) is 0. The Kier molecular flexibility index (Phi) is 3.10. The Morgan fingerprint density at radius 1 is 1.71 bits per heavy atom. The molecule has 0 aliphatic heterocycles. The van der Waals surface area contributed by atoms with E-state index in [2.05, 4.69) is 10.3 Å². The summed E-state index contributed by atoms with van der Waals surface area (Å²) in [5.41, 5.74) is 4.65. The van der Waals surface area contributed by atoms with Gasteiger partial charge in [0.2, 0.25) is 5.91 Å². The summed E-state index contributed by atoms with van der Waals surface area (Å²) in [6.45, 7) is -0.119. The van der Waals surface area contributed by atoms with Crippen molar-refractivity contribution in [1.82, 2.24) is 9.55 Å². The summed E-state index contributed by atoms with van der Waals surface area (Å²) in [6.07, 6.45) is 3.81. The quantitative estimate of drug-likeness (QED) is 0.599. The van der Waals surface area contributed by atoms with Gasteiger partial charge in [-0.1, -0.05) is 0 Å². The largest absolute Gasteiger partial charge is 0.381 e. The number of hydrogen-bond donors (Lipinski definition) is 3. The van der Waals surface area contributed by atoms with Crippen LogP contribution in [-0.4, -0.2) is 33.2 Å². The molecule has 4 N–H and O–H groups in total. The lowest BCUT2D eigenvalue weighted by atomic mass is 10.3. The molecule has 1 aliphatic carbocycles. The molecule has 1 unspecified atom stereocenters. The van der Waals surface area contributed by atoms with E-state index in [1.165, 1.54) is 6.20 Å². The predicted molar refractivity (Wildman–Crippen MR) is 60.5 cm³/mol. The minimum atomic E-state index is -1.33. The van der Waals surface area contributed by atoms with E-state index in [1.54, 1.807) is 10.8 Å². The maximum atomic E-state index is 11.9. The highest BCUT2D eigenvalue weighted by Gasteiger charge is 2.25. The molecule has 0 bridgehead atoms. The number of amides is 1. The van der Waals surface area contributed by atoms with Crippen molar-refractivity contribution >= 4 is 11.7 Å². The first-order chi connectivity index (χ1) is 8.09. The molecule has 1 heterocycles. The van der Waals surface area contributed by atoms with Crippen LogP contribution in [0.15, 0.2) is 17.2 Å². The van der Waals surface area contributed by atoms with Crippen LogP contribution in [0.25, 0.3) is 0 Å². The van der Waals surface area contributed by atoms with Gasteiger partial charge in [0.05, 0.1) is 6.54 Å². The summed E-state index contributed by atoms with van der Waals surface area (Å²) in [6, 6.07) is 0.257. The fourth-order valence-corrected chi connectivity index (χ4v) is 1.48. The lowest BCUT2D eigenvalue weighted by Crippen LogP contribution is -2.36. The number of nitrogens with two attached hydrogens (primary N) is 1. The minimum Gasteiger partial charge on any atom is -0.381 e. The monoisotopic (exact) mass is 238 g/mol. The summed E-state index contributed by atoms with van der Waals surface area (Å²) < 4.78 is 1.60. The van der Waals surface area contributed by atoms with Crippen molar-refractivity contribution in [2.75, 3.05) is 11.9 Å². The zero-order valence-corrected chi connectivity index (χ0v) is 9.17. The maximum Gasteiger partial charge on any atom is 0.293 e. The third-order valence-corrected chi connectivity index (χ3v) is 2.60. The average Bonchev–Trinajstić information content (AvgIpc) is 3.11. The summed E-state index contributed by atoms with van der Waals surface area (Å²) in [5, 5.41) is 11.8. The number of aliphatic hydroxyl groups excluding tert-OH is 1. The first-order valence-electron chi connectivity index (χ1n) is 5.38. The zero-order valence-electron chi connectivity index (χ0n) is 9.17. The van der Waals surface area contributed by atoms with E-state index >= 15 is 0 Å². The van der Waals surface area contributed by atoms with Crippen LogP contribution in [0, 0.1) is 0 Å². The van der Waals surface area contributed by atoms with Gasteiger partial charge in [0.15, 0.2) is 5.82 Å². The van der Waals surface area contributed by atoms with Gasteiger partial charge in [-0.15, -0.1) is 0 Å². The number of carbonyl (C=O) groups is 1. The van der Waals surface area contributed by atoms with E-state index in [0.717, 1.165) is 12.8 Å². The Bertz CT molecular complexity index is 481. The van der Waals surface area contributed by atoms with E-state index in [9.17, 15) is 14.7 Å². The Balaban J connectivity index is 2.08. The molecule has 1 saturated carbocycles. The molecule has 2 rings (SSSR count). The number of nitrogens with one attached hydrogen (secondary N) is 1. The van der Waals surface area contributed by atoms with Gasteiger partial charge in [0.1, 0.15) is 6.10 Å². The lowest BCUT2D eigenvalue weighted by Gasteiger charge is -2.10. The first-order valence-corrected chi connectivity index (χ1v) is 5.38. The van der Waals surface area contributed by atoms with E-state index in [0.29, 0.717) is 0 Å².